The van der Waals surface area contributed by atoms with Gasteiger partial charge in [0.05, 0.1) is 19.3 Å². The first kappa shape index (κ1) is 16.9. The van der Waals surface area contributed by atoms with Crippen molar-refractivity contribution in [3.05, 3.63) is 59.4 Å². The summed E-state index contributed by atoms with van der Waals surface area (Å²) in [5, 5.41) is 5.16. The summed E-state index contributed by atoms with van der Waals surface area (Å²) >= 11 is 6.44. The van der Waals surface area contributed by atoms with E-state index in [-0.39, 0.29) is 0 Å². The van der Waals surface area contributed by atoms with Gasteiger partial charge in [0.1, 0.15) is 16.7 Å². The largest absolute Gasteiger partial charge is 0.497 e. The highest BCUT2D eigenvalue weighted by Gasteiger charge is 2.16. The van der Waals surface area contributed by atoms with Crippen molar-refractivity contribution < 1.29 is 4.74 Å². The summed E-state index contributed by atoms with van der Waals surface area (Å²) in [5.41, 5.74) is 2.86. The van der Waals surface area contributed by atoms with E-state index in [9.17, 15) is 0 Å². The molecular weight excluding hydrogens is 348 g/mol. The highest BCUT2D eigenvalue weighted by molar-refractivity contribution is 6.32. The molecule has 0 amide bonds. The first-order valence-corrected chi connectivity index (χ1v) is 9.19. The maximum Gasteiger partial charge on any atom is 0.140 e. The van der Waals surface area contributed by atoms with Gasteiger partial charge in [-0.3, -0.25) is 4.68 Å². The summed E-state index contributed by atoms with van der Waals surface area (Å²) in [5.74, 6) is 1.81. The molecule has 1 aliphatic heterocycles. The van der Waals surface area contributed by atoms with E-state index in [0.717, 1.165) is 41.5 Å². The van der Waals surface area contributed by atoms with Gasteiger partial charge in [-0.2, -0.15) is 5.10 Å². The molecule has 3 heterocycles. The zero-order valence-electron chi connectivity index (χ0n) is 14.7. The number of benzene rings is 1. The molecular formula is C20H21ClN4O. The number of aromatic nitrogens is 3. The Balaban J connectivity index is 1.51. The molecule has 0 bridgehead atoms. The molecule has 0 radical (unpaired) electrons. The second-order valence-electron chi connectivity index (χ2n) is 6.45. The Hall–Kier alpha value is -2.53. The summed E-state index contributed by atoms with van der Waals surface area (Å²) in [6.07, 6.45) is 4.40. The molecule has 0 N–H and O–H groups in total. The lowest BCUT2D eigenvalue weighted by Gasteiger charge is -2.16. The van der Waals surface area contributed by atoms with Crippen LogP contribution in [0.15, 0.2) is 48.7 Å². The van der Waals surface area contributed by atoms with Crippen LogP contribution in [0.3, 0.4) is 0 Å². The minimum absolute atomic E-state index is 0.504. The molecule has 1 fully saturated rings. The predicted octanol–water partition coefficient (Wildman–Crippen LogP) is 4.26. The molecule has 4 rings (SSSR count). The van der Waals surface area contributed by atoms with Gasteiger partial charge in [0.25, 0.3) is 0 Å². The SMILES string of the molecule is COc1ccc(Cn2ccc(-c3ccc(N4CCCC4)nc3Cl)n2)cc1. The highest BCUT2D eigenvalue weighted by atomic mass is 35.5. The van der Waals surface area contributed by atoms with Crippen LogP contribution >= 0.6 is 11.6 Å². The Labute approximate surface area is 158 Å². The molecule has 0 atom stereocenters. The summed E-state index contributed by atoms with van der Waals surface area (Å²) in [7, 11) is 1.67. The Morgan fingerprint density at radius 3 is 2.50 bits per heavy atom. The highest BCUT2D eigenvalue weighted by Crippen LogP contribution is 2.29. The van der Waals surface area contributed by atoms with E-state index in [4.69, 9.17) is 16.3 Å². The molecule has 0 aliphatic carbocycles. The smallest absolute Gasteiger partial charge is 0.140 e. The van der Waals surface area contributed by atoms with E-state index in [1.165, 1.54) is 12.8 Å². The van der Waals surface area contributed by atoms with Gasteiger partial charge in [0.15, 0.2) is 0 Å². The Bertz CT molecular complexity index is 885. The van der Waals surface area contributed by atoms with Gasteiger partial charge in [-0.15, -0.1) is 0 Å². The molecule has 1 saturated heterocycles. The van der Waals surface area contributed by atoms with Crippen LogP contribution in [0.5, 0.6) is 5.75 Å². The zero-order chi connectivity index (χ0) is 17.9. The van der Waals surface area contributed by atoms with Crippen molar-refractivity contribution in [3.8, 4) is 17.0 Å². The molecule has 1 aliphatic rings. The number of halogens is 1. The average molecular weight is 369 g/mol. The van der Waals surface area contributed by atoms with Gasteiger partial charge in [0.2, 0.25) is 0 Å². The van der Waals surface area contributed by atoms with Gasteiger partial charge in [-0.25, -0.2) is 4.98 Å². The number of pyridine rings is 1. The molecule has 0 spiro atoms. The molecule has 0 unspecified atom stereocenters. The van der Waals surface area contributed by atoms with Gasteiger partial charge >= 0.3 is 0 Å². The molecule has 0 saturated carbocycles. The monoisotopic (exact) mass is 368 g/mol. The lowest BCUT2D eigenvalue weighted by atomic mass is 10.2. The Kier molecular flexibility index (Phi) is 4.80. The molecule has 134 valence electrons. The topological polar surface area (TPSA) is 43.2 Å². The second-order valence-corrected chi connectivity index (χ2v) is 6.81. The predicted molar refractivity (Wildman–Crippen MR) is 104 cm³/mol. The number of anilines is 1. The average Bonchev–Trinajstić information content (AvgIpc) is 3.34. The van der Waals surface area contributed by atoms with Crippen molar-refractivity contribution in [2.45, 2.75) is 19.4 Å². The molecule has 2 aromatic heterocycles. The van der Waals surface area contributed by atoms with Crippen molar-refractivity contribution in [2.24, 2.45) is 0 Å². The summed E-state index contributed by atoms with van der Waals surface area (Å²) in [6, 6.07) is 14.0. The lowest BCUT2D eigenvalue weighted by Crippen LogP contribution is -2.18. The van der Waals surface area contributed by atoms with E-state index in [2.05, 4.69) is 15.0 Å². The minimum atomic E-state index is 0.504. The number of methoxy groups -OCH3 is 1. The number of hydrogen-bond acceptors (Lipinski definition) is 4. The van der Waals surface area contributed by atoms with E-state index < -0.39 is 0 Å². The van der Waals surface area contributed by atoms with Crippen molar-refractivity contribution >= 4 is 17.4 Å². The molecule has 6 heteroatoms. The molecule has 3 aromatic rings. The number of rotatable bonds is 5. The lowest BCUT2D eigenvalue weighted by molar-refractivity contribution is 0.414. The van der Waals surface area contributed by atoms with E-state index >= 15 is 0 Å². The number of ether oxygens (including phenoxy) is 1. The van der Waals surface area contributed by atoms with Crippen LogP contribution in [0.25, 0.3) is 11.3 Å². The van der Waals surface area contributed by atoms with Gasteiger partial charge in [0, 0.05) is 24.8 Å². The first-order chi connectivity index (χ1) is 12.7. The third-order valence-electron chi connectivity index (χ3n) is 4.68. The molecule has 26 heavy (non-hydrogen) atoms. The normalized spacial score (nSPS) is 14.0. The summed E-state index contributed by atoms with van der Waals surface area (Å²) in [4.78, 5) is 6.85. The van der Waals surface area contributed by atoms with Crippen LogP contribution in [0.1, 0.15) is 18.4 Å². The van der Waals surface area contributed by atoms with Crippen LogP contribution < -0.4 is 9.64 Å². The summed E-state index contributed by atoms with van der Waals surface area (Å²) in [6.45, 7) is 2.80. The minimum Gasteiger partial charge on any atom is -0.497 e. The van der Waals surface area contributed by atoms with Crippen LogP contribution in [0, 0.1) is 0 Å². The maximum absolute atomic E-state index is 6.44. The summed E-state index contributed by atoms with van der Waals surface area (Å²) < 4.78 is 7.10. The fourth-order valence-corrected chi connectivity index (χ4v) is 3.50. The third-order valence-corrected chi connectivity index (χ3v) is 4.97. The van der Waals surface area contributed by atoms with Crippen molar-refractivity contribution in [1.29, 1.82) is 0 Å². The van der Waals surface area contributed by atoms with Crippen molar-refractivity contribution in [1.82, 2.24) is 14.8 Å². The Morgan fingerprint density at radius 2 is 1.81 bits per heavy atom. The van der Waals surface area contributed by atoms with Crippen LogP contribution in [-0.4, -0.2) is 35.0 Å². The van der Waals surface area contributed by atoms with Gasteiger partial charge in [-0.05, 0) is 48.7 Å². The third kappa shape index (κ3) is 3.53. The maximum atomic E-state index is 6.44. The van der Waals surface area contributed by atoms with E-state index in [1.807, 2.05) is 53.3 Å². The molecule has 5 nitrogen and oxygen atoms in total. The van der Waals surface area contributed by atoms with Gasteiger partial charge in [-0.1, -0.05) is 23.7 Å². The Morgan fingerprint density at radius 1 is 1.04 bits per heavy atom. The van der Waals surface area contributed by atoms with Crippen LogP contribution in [0.4, 0.5) is 5.82 Å². The van der Waals surface area contributed by atoms with E-state index in [0.29, 0.717) is 11.7 Å². The quantitative estimate of drug-likeness (QED) is 0.631. The van der Waals surface area contributed by atoms with Crippen molar-refractivity contribution in [3.63, 3.8) is 0 Å². The standard InChI is InChI=1S/C20H21ClN4O/c1-26-16-6-4-15(5-7-16)14-25-13-10-18(23-25)17-8-9-19(22-20(17)21)24-11-2-3-12-24/h4-10,13H,2-3,11-12,14H2,1H3. The fraction of sp³-hybridized carbons (Fsp3) is 0.300. The van der Waals surface area contributed by atoms with Crippen LogP contribution in [0.2, 0.25) is 5.15 Å². The van der Waals surface area contributed by atoms with Crippen LogP contribution in [-0.2, 0) is 6.54 Å². The molecule has 1 aromatic carbocycles. The van der Waals surface area contributed by atoms with E-state index in [1.54, 1.807) is 7.11 Å². The zero-order valence-corrected chi connectivity index (χ0v) is 15.5. The number of nitrogens with zero attached hydrogens (tertiary/aromatic N) is 4. The number of hydrogen-bond donors (Lipinski definition) is 0. The fourth-order valence-electron chi connectivity index (χ4n) is 3.25. The van der Waals surface area contributed by atoms with Crippen molar-refractivity contribution in [2.75, 3.05) is 25.1 Å². The van der Waals surface area contributed by atoms with Gasteiger partial charge < -0.3 is 9.64 Å². The first-order valence-electron chi connectivity index (χ1n) is 8.81. The second kappa shape index (κ2) is 7.38.